The molecule has 1 unspecified atom stereocenters. The molecule has 0 aromatic rings. The first-order valence-corrected chi connectivity index (χ1v) is 6.10. The van der Waals surface area contributed by atoms with Crippen LogP contribution in [0, 0.1) is 11.8 Å². The molecule has 1 amide bonds. The van der Waals surface area contributed by atoms with Crippen molar-refractivity contribution < 1.29 is 9.53 Å². The smallest absolute Gasteiger partial charge is 0.407 e. The molecule has 2 aliphatic rings. The summed E-state index contributed by atoms with van der Waals surface area (Å²) in [5, 5.41) is 2.95. The van der Waals surface area contributed by atoms with Gasteiger partial charge in [0, 0.05) is 12.1 Å². The third-order valence-electron chi connectivity index (χ3n) is 3.56. The number of nitrogens with one attached hydrogen (secondary N) is 1. The van der Waals surface area contributed by atoms with Gasteiger partial charge in [0.2, 0.25) is 0 Å². The number of halogens is 1. The lowest BCUT2D eigenvalue weighted by Crippen LogP contribution is -2.51. The number of carbonyl (C=O) groups excluding carboxylic acids is 1. The van der Waals surface area contributed by atoms with Gasteiger partial charge in [-0.05, 0) is 51.9 Å². The summed E-state index contributed by atoms with van der Waals surface area (Å²) in [6, 6.07) is 0.619. The van der Waals surface area contributed by atoms with Gasteiger partial charge < -0.3 is 15.8 Å². The maximum atomic E-state index is 11.6. The van der Waals surface area contributed by atoms with Gasteiger partial charge in [-0.2, -0.15) is 0 Å². The summed E-state index contributed by atoms with van der Waals surface area (Å²) in [7, 11) is 0. The lowest BCUT2D eigenvalue weighted by Gasteiger charge is -2.40. The Morgan fingerprint density at radius 1 is 1.29 bits per heavy atom. The van der Waals surface area contributed by atoms with Crippen molar-refractivity contribution in [1.29, 1.82) is 0 Å². The second kappa shape index (κ2) is 5.02. The molecule has 4 nitrogen and oxygen atoms in total. The van der Waals surface area contributed by atoms with Crippen LogP contribution in [0.15, 0.2) is 0 Å². The molecule has 0 aromatic carbocycles. The van der Waals surface area contributed by atoms with E-state index in [1.807, 2.05) is 20.8 Å². The Morgan fingerprint density at radius 3 is 2.47 bits per heavy atom. The van der Waals surface area contributed by atoms with Crippen LogP contribution >= 0.6 is 12.4 Å². The molecule has 3 N–H and O–H groups in total. The van der Waals surface area contributed by atoms with Crippen LogP contribution in [0.25, 0.3) is 0 Å². The van der Waals surface area contributed by atoms with Gasteiger partial charge >= 0.3 is 6.09 Å². The number of ether oxygens (including phenoxy) is 1. The van der Waals surface area contributed by atoms with Crippen LogP contribution in [0.4, 0.5) is 4.79 Å². The van der Waals surface area contributed by atoms with Crippen molar-refractivity contribution in [3.63, 3.8) is 0 Å². The van der Waals surface area contributed by atoms with Gasteiger partial charge in [-0.25, -0.2) is 4.79 Å². The van der Waals surface area contributed by atoms with E-state index in [9.17, 15) is 4.79 Å². The van der Waals surface area contributed by atoms with Crippen molar-refractivity contribution in [3.8, 4) is 0 Å². The molecule has 0 aliphatic heterocycles. The zero-order valence-corrected chi connectivity index (χ0v) is 11.5. The molecule has 0 saturated heterocycles. The van der Waals surface area contributed by atoms with Crippen LogP contribution in [0.3, 0.4) is 0 Å². The molecule has 5 heteroatoms. The average molecular weight is 263 g/mol. The Hall–Kier alpha value is -0.480. The van der Waals surface area contributed by atoms with Crippen molar-refractivity contribution in [2.75, 3.05) is 0 Å². The van der Waals surface area contributed by atoms with E-state index < -0.39 is 5.60 Å². The van der Waals surface area contributed by atoms with Crippen LogP contribution in [0.1, 0.15) is 40.0 Å². The topological polar surface area (TPSA) is 64.3 Å². The van der Waals surface area contributed by atoms with E-state index in [2.05, 4.69) is 5.32 Å². The zero-order valence-electron chi connectivity index (χ0n) is 10.7. The molecule has 2 aliphatic carbocycles. The summed E-state index contributed by atoms with van der Waals surface area (Å²) >= 11 is 0. The van der Waals surface area contributed by atoms with Gasteiger partial charge in [0.15, 0.2) is 0 Å². The summed E-state index contributed by atoms with van der Waals surface area (Å²) in [5.41, 5.74) is 5.49. The highest BCUT2D eigenvalue weighted by atomic mass is 35.5. The highest BCUT2D eigenvalue weighted by Crippen LogP contribution is 2.46. The Balaban J connectivity index is 0.00000144. The quantitative estimate of drug-likeness (QED) is 0.760. The fourth-order valence-electron chi connectivity index (χ4n) is 2.90. The Bertz CT molecular complexity index is 291. The normalized spacial score (nSPS) is 35.3. The Kier molecular flexibility index (Phi) is 4.31. The first-order chi connectivity index (χ1) is 7.35. The number of rotatable bonds is 1. The van der Waals surface area contributed by atoms with Crippen LogP contribution in [0.5, 0.6) is 0 Å². The number of amides is 1. The first kappa shape index (κ1) is 14.6. The molecule has 0 heterocycles. The fourth-order valence-corrected chi connectivity index (χ4v) is 2.90. The maximum absolute atomic E-state index is 11.6. The molecule has 100 valence electrons. The molecule has 0 bridgehead atoms. The number of fused-ring (bicyclic) bond motifs is 1. The molecule has 2 fully saturated rings. The predicted octanol–water partition coefficient (Wildman–Crippen LogP) is 2.06. The van der Waals surface area contributed by atoms with Crippen LogP contribution in [-0.4, -0.2) is 23.8 Å². The summed E-state index contributed by atoms with van der Waals surface area (Å²) in [4.78, 5) is 11.6. The van der Waals surface area contributed by atoms with Crippen molar-refractivity contribution >= 4 is 18.5 Å². The summed E-state index contributed by atoms with van der Waals surface area (Å²) < 4.78 is 5.24. The molecular weight excluding hydrogens is 240 g/mol. The van der Waals surface area contributed by atoms with Crippen LogP contribution in [0.2, 0.25) is 0 Å². The minimum Gasteiger partial charge on any atom is -0.444 e. The zero-order chi connectivity index (χ0) is 11.9. The molecule has 0 spiro atoms. The first-order valence-electron chi connectivity index (χ1n) is 6.10. The van der Waals surface area contributed by atoms with Gasteiger partial charge in [0.25, 0.3) is 0 Å². The second-order valence-corrected chi connectivity index (χ2v) is 6.14. The number of alkyl carbamates (subject to hydrolysis) is 1. The van der Waals surface area contributed by atoms with E-state index >= 15 is 0 Å². The SMILES string of the molecule is CC(C)(C)OC(=O)N[C@H]1C[C@H]2CC(N)C[C@H]21.Cl. The number of hydrogen-bond donors (Lipinski definition) is 2. The van der Waals surface area contributed by atoms with Gasteiger partial charge in [0.05, 0.1) is 0 Å². The van der Waals surface area contributed by atoms with Crippen LogP contribution in [-0.2, 0) is 4.74 Å². The summed E-state index contributed by atoms with van der Waals surface area (Å²) in [6.45, 7) is 5.63. The van der Waals surface area contributed by atoms with Gasteiger partial charge in [-0.1, -0.05) is 0 Å². The van der Waals surface area contributed by atoms with E-state index in [0.717, 1.165) is 25.2 Å². The van der Waals surface area contributed by atoms with Gasteiger partial charge in [-0.3, -0.25) is 0 Å². The minimum absolute atomic E-state index is 0. The maximum Gasteiger partial charge on any atom is 0.407 e. The van der Waals surface area contributed by atoms with Crippen LogP contribution < -0.4 is 11.1 Å². The summed E-state index contributed by atoms with van der Waals surface area (Å²) in [6.07, 6.45) is 2.94. The van der Waals surface area contributed by atoms with Gasteiger partial charge in [-0.15, -0.1) is 12.4 Å². The molecular formula is C12H23ClN2O2. The Morgan fingerprint density at radius 2 is 1.94 bits per heavy atom. The predicted molar refractivity (Wildman–Crippen MR) is 69.2 cm³/mol. The second-order valence-electron chi connectivity index (χ2n) is 6.14. The lowest BCUT2D eigenvalue weighted by molar-refractivity contribution is 0.0385. The van der Waals surface area contributed by atoms with E-state index in [0.29, 0.717) is 12.0 Å². The van der Waals surface area contributed by atoms with Crippen molar-refractivity contribution in [1.82, 2.24) is 5.32 Å². The lowest BCUT2D eigenvalue weighted by atomic mass is 9.71. The highest BCUT2D eigenvalue weighted by molar-refractivity contribution is 5.85. The number of hydrogen-bond acceptors (Lipinski definition) is 3. The highest BCUT2D eigenvalue weighted by Gasteiger charge is 2.47. The Labute approximate surface area is 109 Å². The molecule has 2 rings (SSSR count). The molecule has 2 saturated carbocycles. The van der Waals surface area contributed by atoms with E-state index in [4.69, 9.17) is 10.5 Å². The van der Waals surface area contributed by atoms with Crippen molar-refractivity contribution in [2.45, 2.75) is 57.7 Å². The van der Waals surface area contributed by atoms with Crippen molar-refractivity contribution in [3.05, 3.63) is 0 Å². The van der Waals surface area contributed by atoms with E-state index in [1.165, 1.54) is 0 Å². The third-order valence-corrected chi connectivity index (χ3v) is 3.56. The largest absolute Gasteiger partial charge is 0.444 e. The standard InChI is InChI=1S/C12H22N2O2.ClH/c1-12(2,3)16-11(15)14-10-5-7-4-8(13)6-9(7)10;/h7-10H,4-6,13H2,1-3H3,(H,14,15);1H/t7-,8?,9-,10+;/m1./s1. The monoisotopic (exact) mass is 262 g/mol. The number of carbonyl (C=O) groups is 1. The fraction of sp³-hybridized carbons (Fsp3) is 0.917. The minimum atomic E-state index is -0.417. The molecule has 4 atom stereocenters. The van der Waals surface area contributed by atoms with E-state index in [-0.39, 0.29) is 24.5 Å². The molecule has 0 radical (unpaired) electrons. The molecule has 17 heavy (non-hydrogen) atoms. The van der Waals surface area contributed by atoms with Crippen molar-refractivity contribution in [2.24, 2.45) is 17.6 Å². The average Bonchev–Trinajstić information content (AvgIpc) is 2.36. The van der Waals surface area contributed by atoms with E-state index in [1.54, 1.807) is 0 Å². The third kappa shape index (κ3) is 3.49. The van der Waals surface area contributed by atoms with Gasteiger partial charge in [0.1, 0.15) is 5.60 Å². The molecule has 0 aromatic heterocycles. The summed E-state index contributed by atoms with van der Waals surface area (Å²) in [5.74, 6) is 1.32. The number of nitrogens with two attached hydrogens (primary N) is 1.